The van der Waals surface area contributed by atoms with E-state index in [1.54, 1.807) is 6.07 Å². The normalized spacial score (nSPS) is 31.5. The molecule has 1 aromatic rings. The zero-order valence-electron chi connectivity index (χ0n) is 19.0. The molecule has 3 saturated carbocycles. The summed E-state index contributed by atoms with van der Waals surface area (Å²) in [6.07, 6.45) is 2.24. The van der Waals surface area contributed by atoms with Crippen LogP contribution in [0.25, 0.3) is 0 Å². The van der Waals surface area contributed by atoms with Crippen molar-refractivity contribution >= 4 is 11.6 Å². The minimum atomic E-state index is -4.39. The Kier molecular flexibility index (Phi) is 5.27. The van der Waals surface area contributed by atoms with Crippen molar-refractivity contribution < 1.29 is 18.0 Å². The lowest BCUT2D eigenvalue weighted by molar-refractivity contribution is -0.137. The van der Waals surface area contributed by atoms with Gasteiger partial charge < -0.3 is 15.1 Å². The molecule has 7 heteroatoms. The average molecular weight is 450 g/mol. The molecule has 2 saturated heterocycles. The van der Waals surface area contributed by atoms with Crippen LogP contribution in [-0.4, -0.2) is 42.6 Å². The second kappa shape index (κ2) is 7.64. The van der Waals surface area contributed by atoms with Gasteiger partial charge >= 0.3 is 6.18 Å². The number of nitrogens with one attached hydrogen (secondary N) is 1. The van der Waals surface area contributed by atoms with Gasteiger partial charge in [0.15, 0.2) is 0 Å². The molecule has 1 spiro atoms. The summed E-state index contributed by atoms with van der Waals surface area (Å²) in [5.41, 5.74) is -0.442. The Labute approximate surface area is 188 Å². The van der Waals surface area contributed by atoms with Gasteiger partial charge in [-0.2, -0.15) is 13.2 Å². The SMILES string of the molecule is CC1(C)C2CCC(CCN3CCC4(CC3)C(=O)NCN4c3cccc(C(F)(F)F)c3)C1C2. The standard InChI is InChI=1S/C25H34F3N3O/c1-23(2)18-7-6-17(21(23)15-18)8-11-30-12-9-24(10-13-30)22(32)29-16-31(24)20-5-3-4-19(14-20)25(26,27)28/h3-5,14,17-18,21H,6-13,15-16H2,1-2H3,(H,29,32). The highest BCUT2D eigenvalue weighted by molar-refractivity contribution is 5.93. The van der Waals surface area contributed by atoms with Gasteiger partial charge in [0.25, 0.3) is 0 Å². The summed E-state index contributed by atoms with van der Waals surface area (Å²) in [7, 11) is 0. The lowest BCUT2D eigenvalue weighted by atomic mass is 9.45. The molecule has 1 N–H and O–H groups in total. The van der Waals surface area contributed by atoms with Gasteiger partial charge in [-0.1, -0.05) is 19.9 Å². The van der Waals surface area contributed by atoms with Crippen LogP contribution in [0.1, 0.15) is 57.9 Å². The number of rotatable bonds is 4. The van der Waals surface area contributed by atoms with Crippen LogP contribution in [0.5, 0.6) is 0 Å². The molecule has 5 aliphatic rings. The number of hydrogen-bond donors (Lipinski definition) is 1. The predicted molar refractivity (Wildman–Crippen MR) is 118 cm³/mol. The Morgan fingerprint density at radius 3 is 2.56 bits per heavy atom. The molecular formula is C25H34F3N3O. The zero-order valence-corrected chi connectivity index (χ0v) is 19.0. The second-order valence-corrected chi connectivity index (χ2v) is 11.0. The van der Waals surface area contributed by atoms with E-state index in [0.717, 1.165) is 43.5 Å². The minimum absolute atomic E-state index is 0.0518. The van der Waals surface area contributed by atoms with Crippen molar-refractivity contribution in [3.63, 3.8) is 0 Å². The first-order valence-corrected chi connectivity index (χ1v) is 12.1. The van der Waals surface area contributed by atoms with Gasteiger partial charge in [0.2, 0.25) is 5.91 Å². The number of anilines is 1. The largest absolute Gasteiger partial charge is 0.416 e. The molecule has 2 aliphatic heterocycles. The van der Waals surface area contributed by atoms with Crippen molar-refractivity contribution in [2.75, 3.05) is 31.2 Å². The van der Waals surface area contributed by atoms with Crippen LogP contribution in [0.2, 0.25) is 0 Å². The van der Waals surface area contributed by atoms with Crippen molar-refractivity contribution in [3.8, 4) is 0 Å². The summed E-state index contributed by atoms with van der Waals surface area (Å²) < 4.78 is 39.7. The summed E-state index contributed by atoms with van der Waals surface area (Å²) in [5.74, 6) is 2.53. The highest BCUT2D eigenvalue weighted by Gasteiger charge is 2.54. The summed E-state index contributed by atoms with van der Waals surface area (Å²) in [6.45, 7) is 7.81. The smallest absolute Gasteiger partial charge is 0.339 e. The van der Waals surface area contributed by atoms with Crippen LogP contribution >= 0.6 is 0 Å². The molecule has 0 radical (unpaired) electrons. The van der Waals surface area contributed by atoms with Gasteiger partial charge in [-0.25, -0.2) is 0 Å². The molecule has 3 atom stereocenters. The van der Waals surface area contributed by atoms with E-state index >= 15 is 0 Å². The number of hydrogen-bond acceptors (Lipinski definition) is 3. The van der Waals surface area contributed by atoms with Crippen molar-refractivity contribution in [3.05, 3.63) is 29.8 Å². The maximum Gasteiger partial charge on any atom is 0.416 e. The van der Waals surface area contributed by atoms with E-state index in [2.05, 4.69) is 24.1 Å². The van der Waals surface area contributed by atoms with Crippen LogP contribution in [0.3, 0.4) is 0 Å². The molecule has 6 rings (SSSR count). The highest BCUT2D eigenvalue weighted by Crippen LogP contribution is 2.62. The molecule has 176 valence electrons. The monoisotopic (exact) mass is 449 g/mol. The first-order chi connectivity index (χ1) is 15.1. The number of carbonyl (C=O) groups excluding carboxylic acids is 1. The fraction of sp³-hybridized carbons (Fsp3) is 0.720. The number of piperidine rings is 1. The number of alkyl halides is 3. The lowest BCUT2D eigenvalue weighted by Crippen LogP contribution is -2.57. The van der Waals surface area contributed by atoms with Gasteiger partial charge in [-0.15, -0.1) is 0 Å². The first kappa shape index (κ1) is 22.1. The number of benzene rings is 1. The molecule has 2 bridgehead atoms. The maximum absolute atomic E-state index is 13.2. The van der Waals surface area contributed by atoms with Gasteiger partial charge in [0.05, 0.1) is 12.2 Å². The van der Waals surface area contributed by atoms with E-state index in [1.165, 1.54) is 37.8 Å². The quantitative estimate of drug-likeness (QED) is 0.711. The number of likely N-dealkylation sites (tertiary alicyclic amines) is 1. The van der Waals surface area contributed by atoms with E-state index in [1.807, 2.05) is 4.90 Å². The number of nitrogens with zero attached hydrogens (tertiary/aromatic N) is 2. The van der Waals surface area contributed by atoms with Gasteiger partial charge in [0, 0.05) is 18.8 Å². The van der Waals surface area contributed by atoms with Gasteiger partial charge in [-0.3, -0.25) is 4.79 Å². The predicted octanol–water partition coefficient (Wildman–Crippen LogP) is 4.90. The first-order valence-electron chi connectivity index (χ1n) is 12.1. The van der Waals surface area contributed by atoms with E-state index < -0.39 is 17.3 Å². The van der Waals surface area contributed by atoms with Crippen molar-refractivity contribution in [2.24, 2.45) is 23.2 Å². The van der Waals surface area contributed by atoms with Crippen LogP contribution in [0.4, 0.5) is 18.9 Å². The molecule has 4 nitrogen and oxygen atoms in total. The maximum atomic E-state index is 13.2. The second-order valence-electron chi connectivity index (χ2n) is 11.0. The molecule has 3 aliphatic carbocycles. The van der Waals surface area contributed by atoms with Crippen LogP contribution in [-0.2, 0) is 11.0 Å². The van der Waals surface area contributed by atoms with Crippen LogP contribution in [0.15, 0.2) is 24.3 Å². The average Bonchev–Trinajstić information content (AvgIpc) is 3.08. The Balaban J connectivity index is 1.23. The molecular weight excluding hydrogens is 415 g/mol. The summed E-state index contributed by atoms with van der Waals surface area (Å²) in [4.78, 5) is 17.2. The Morgan fingerprint density at radius 2 is 1.91 bits per heavy atom. The molecule has 32 heavy (non-hydrogen) atoms. The minimum Gasteiger partial charge on any atom is -0.339 e. The number of carbonyl (C=O) groups is 1. The number of amides is 1. The van der Waals surface area contributed by atoms with Gasteiger partial charge in [0.1, 0.15) is 5.54 Å². The van der Waals surface area contributed by atoms with Crippen molar-refractivity contribution in [1.29, 1.82) is 0 Å². The Hall–Kier alpha value is -1.76. The van der Waals surface area contributed by atoms with E-state index in [9.17, 15) is 18.0 Å². The lowest BCUT2D eigenvalue weighted by Gasteiger charge is -2.60. The third-order valence-corrected chi connectivity index (χ3v) is 9.32. The highest BCUT2D eigenvalue weighted by atomic mass is 19.4. The molecule has 3 unspecified atom stereocenters. The van der Waals surface area contributed by atoms with E-state index in [0.29, 0.717) is 23.9 Å². The molecule has 0 aromatic heterocycles. The fourth-order valence-corrected chi connectivity index (χ4v) is 7.08. The van der Waals surface area contributed by atoms with Crippen LogP contribution in [0, 0.1) is 23.2 Å². The van der Waals surface area contributed by atoms with Crippen LogP contribution < -0.4 is 10.2 Å². The molecule has 1 amide bonds. The Morgan fingerprint density at radius 1 is 1.16 bits per heavy atom. The van der Waals surface area contributed by atoms with E-state index in [-0.39, 0.29) is 12.6 Å². The fourth-order valence-electron chi connectivity index (χ4n) is 7.08. The Bertz CT molecular complexity index is 873. The third-order valence-electron chi connectivity index (χ3n) is 9.32. The molecule has 2 heterocycles. The summed E-state index contributed by atoms with van der Waals surface area (Å²) in [6, 6.07) is 5.37. The van der Waals surface area contributed by atoms with E-state index in [4.69, 9.17) is 0 Å². The third kappa shape index (κ3) is 3.51. The van der Waals surface area contributed by atoms with Gasteiger partial charge in [-0.05, 0) is 86.4 Å². The number of halogens is 3. The zero-order chi connectivity index (χ0) is 22.7. The number of fused-ring (bicyclic) bond motifs is 2. The van der Waals surface area contributed by atoms with Crippen molar-refractivity contribution in [2.45, 2.75) is 64.1 Å². The summed E-state index contributed by atoms with van der Waals surface area (Å²) >= 11 is 0. The van der Waals surface area contributed by atoms with Crippen molar-refractivity contribution in [1.82, 2.24) is 10.2 Å². The topological polar surface area (TPSA) is 35.6 Å². The molecule has 1 aromatic carbocycles. The molecule has 5 fully saturated rings. The summed E-state index contributed by atoms with van der Waals surface area (Å²) in [5, 5.41) is 2.89.